The third-order valence-corrected chi connectivity index (χ3v) is 5.63. The maximum atomic E-state index is 12.7. The van der Waals surface area contributed by atoms with Gasteiger partial charge in [-0.05, 0) is 87.3 Å². The Balaban J connectivity index is 1.29. The summed E-state index contributed by atoms with van der Waals surface area (Å²) >= 11 is 5.93. The van der Waals surface area contributed by atoms with Crippen molar-refractivity contribution in [2.24, 2.45) is 5.92 Å². The van der Waals surface area contributed by atoms with Crippen LogP contribution in [0.25, 0.3) is 11.4 Å². The summed E-state index contributed by atoms with van der Waals surface area (Å²) in [5.41, 5.74) is 4.05. The molecule has 7 heteroatoms. The normalized spacial score (nSPS) is 15.3. The Morgan fingerprint density at radius 1 is 1.13 bits per heavy atom. The van der Waals surface area contributed by atoms with E-state index in [1.54, 1.807) is 12.1 Å². The lowest BCUT2D eigenvalue weighted by molar-refractivity contribution is -0.121. The zero-order chi connectivity index (χ0) is 21.1. The minimum Gasteiger partial charge on any atom is -0.338 e. The first-order valence-electron chi connectivity index (χ1n) is 10.2. The molecule has 1 fully saturated rings. The van der Waals surface area contributed by atoms with Crippen molar-refractivity contribution >= 4 is 23.2 Å². The van der Waals surface area contributed by atoms with Crippen molar-refractivity contribution in [3.05, 3.63) is 64.5 Å². The Bertz CT molecular complexity index is 1000. The van der Waals surface area contributed by atoms with Gasteiger partial charge in [-0.2, -0.15) is 4.98 Å². The molecule has 0 atom stereocenters. The Labute approximate surface area is 181 Å². The van der Waals surface area contributed by atoms with Gasteiger partial charge in [0.25, 0.3) is 0 Å². The minimum atomic E-state index is 0.0226. The van der Waals surface area contributed by atoms with E-state index in [9.17, 15) is 4.79 Å². The molecule has 156 valence electrons. The average molecular weight is 425 g/mol. The molecule has 6 nitrogen and oxygen atoms in total. The molecule has 1 saturated heterocycles. The highest BCUT2D eigenvalue weighted by molar-refractivity contribution is 6.30. The number of carbonyl (C=O) groups excluding carboxylic acids is 1. The molecule has 3 aromatic rings. The number of benzene rings is 2. The van der Waals surface area contributed by atoms with Crippen LogP contribution in [0.1, 0.15) is 29.9 Å². The molecule has 2 aromatic carbocycles. The summed E-state index contributed by atoms with van der Waals surface area (Å²) in [6, 6.07) is 13.5. The van der Waals surface area contributed by atoms with Gasteiger partial charge in [0.15, 0.2) is 0 Å². The standard InChI is InChI=1S/C23H25ClN4O2/c1-15-11-16(2)13-20(12-15)25-23(29)18-7-9-28(10-8-18)14-21-26-22(27-30-21)17-3-5-19(24)6-4-17/h3-6,11-13,18H,7-10,14H2,1-2H3,(H,25,29). The van der Waals surface area contributed by atoms with E-state index in [0.717, 1.165) is 48.3 Å². The van der Waals surface area contributed by atoms with E-state index in [2.05, 4.69) is 26.4 Å². The van der Waals surface area contributed by atoms with Gasteiger partial charge in [-0.3, -0.25) is 9.69 Å². The first-order chi connectivity index (χ1) is 14.5. The number of hydrogen-bond acceptors (Lipinski definition) is 5. The summed E-state index contributed by atoms with van der Waals surface area (Å²) in [4.78, 5) is 19.4. The molecule has 0 spiro atoms. The van der Waals surface area contributed by atoms with Crippen molar-refractivity contribution in [3.8, 4) is 11.4 Å². The number of likely N-dealkylation sites (tertiary alicyclic amines) is 1. The van der Waals surface area contributed by atoms with Gasteiger partial charge >= 0.3 is 0 Å². The van der Waals surface area contributed by atoms with Gasteiger partial charge in [0, 0.05) is 22.2 Å². The number of amides is 1. The van der Waals surface area contributed by atoms with Crippen molar-refractivity contribution in [3.63, 3.8) is 0 Å². The van der Waals surface area contributed by atoms with E-state index in [0.29, 0.717) is 23.3 Å². The topological polar surface area (TPSA) is 71.3 Å². The van der Waals surface area contributed by atoms with Gasteiger partial charge in [0.05, 0.1) is 6.54 Å². The molecule has 0 unspecified atom stereocenters. The lowest BCUT2D eigenvalue weighted by Gasteiger charge is -2.30. The minimum absolute atomic E-state index is 0.0226. The fourth-order valence-electron chi connectivity index (χ4n) is 3.87. The number of carbonyl (C=O) groups is 1. The van der Waals surface area contributed by atoms with Gasteiger partial charge < -0.3 is 9.84 Å². The zero-order valence-electron chi connectivity index (χ0n) is 17.2. The number of nitrogens with one attached hydrogen (secondary N) is 1. The predicted octanol–water partition coefficient (Wildman–Crippen LogP) is 4.86. The van der Waals surface area contributed by atoms with Crippen LogP contribution in [0.4, 0.5) is 5.69 Å². The summed E-state index contributed by atoms with van der Waals surface area (Å²) in [6.07, 6.45) is 1.63. The number of halogens is 1. The Morgan fingerprint density at radius 2 is 1.80 bits per heavy atom. The highest BCUT2D eigenvalue weighted by Crippen LogP contribution is 2.23. The van der Waals surface area contributed by atoms with E-state index < -0.39 is 0 Å². The second-order valence-corrected chi connectivity index (χ2v) is 8.37. The monoisotopic (exact) mass is 424 g/mol. The molecule has 1 amide bonds. The largest absolute Gasteiger partial charge is 0.338 e. The van der Waals surface area contributed by atoms with Gasteiger partial charge in [-0.1, -0.05) is 22.8 Å². The molecule has 0 aliphatic carbocycles. The maximum Gasteiger partial charge on any atom is 0.241 e. The number of aryl methyl sites for hydroxylation is 2. The number of piperidine rings is 1. The number of hydrogen-bond donors (Lipinski definition) is 1. The first kappa shape index (κ1) is 20.6. The molecule has 2 heterocycles. The van der Waals surface area contributed by atoms with Gasteiger partial charge in [0.2, 0.25) is 17.6 Å². The summed E-state index contributed by atoms with van der Waals surface area (Å²) < 4.78 is 5.41. The van der Waals surface area contributed by atoms with E-state index in [-0.39, 0.29) is 11.8 Å². The third-order valence-electron chi connectivity index (χ3n) is 5.38. The molecule has 1 aromatic heterocycles. The van der Waals surface area contributed by atoms with Crippen molar-refractivity contribution < 1.29 is 9.32 Å². The van der Waals surface area contributed by atoms with E-state index >= 15 is 0 Å². The van der Waals surface area contributed by atoms with Crippen LogP contribution in [0.5, 0.6) is 0 Å². The van der Waals surface area contributed by atoms with Crippen molar-refractivity contribution in [1.29, 1.82) is 0 Å². The SMILES string of the molecule is Cc1cc(C)cc(NC(=O)C2CCN(Cc3nc(-c4ccc(Cl)cc4)no3)CC2)c1. The molecule has 1 aliphatic heterocycles. The second kappa shape index (κ2) is 8.98. The van der Waals surface area contributed by atoms with Gasteiger partial charge in [-0.15, -0.1) is 0 Å². The first-order valence-corrected chi connectivity index (χ1v) is 10.5. The van der Waals surface area contributed by atoms with Crippen LogP contribution >= 0.6 is 11.6 Å². The number of aromatic nitrogens is 2. The van der Waals surface area contributed by atoms with Crippen molar-refractivity contribution in [2.45, 2.75) is 33.2 Å². The fraction of sp³-hybridized carbons (Fsp3) is 0.348. The van der Waals surface area contributed by atoms with Crippen molar-refractivity contribution in [2.75, 3.05) is 18.4 Å². The highest BCUT2D eigenvalue weighted by atomic mass is 35.5. The van der Waals surface area contributed by atoms with Crippen LogP contribution in [-0.2, 0) is 11.3 Å². The Morgan fingerprint density at radius 3 is 2.47 bits per heavy atom. The van der Waals surface area contributed by atoms with Crippen LogP contribution in [0.15, 0.2) is 47.0 Å². The van der Waals surface area contributed by atoms with Crippen molar-refractivity contribution in [1.82, 2.24) is 15.0 Å². The molecular formula is C23H25ClN4O2. The second-order valence-electron chi connectivity index (χ2n) is 7.93. The molecule has 1 aliphatic rings. The molecule has 1 N–H and O–H groups in total. The van der Waals surface area contributed by atoms with Crippen LogP contribution in [0.3, 0.4) is 0 Å². The number of nitrogens with zero attached hydrogens (tertiary/aromatic N) is 3. The quantitative estimate of drug-likeness (QED) is 0.633. The maximum absolute atomic E-state index is 12.7. The lowest BCUT2D eigenvalue weighted by Crippen LogP contribution is -2.37. The lowest BCUT2D eigenvalue weighted by atomic mass is 9.95. The summed E-state index contributed by atoms with van der Waals surface area (Å²) in [5, 5.41) is 7.81. The van der Waals surface area contributed by atoms with Crippen LogP contribution < -0.4 is 5.32 Å². The smallest absolute Gasteiger partial charge is 0.241 e. The molecule has 0 bridgehead atoms. The third kappa shape index (κ3) is 5.07. The van der Waals surface area contributed by atoms with Gasteiger partial charge in [0.1, 0.15) is 0 Å². The predicted molar refractivity (Wildman–Crippen MR) is 117 cm³/mol. The van der Waals surface area contributed by atoms with Crippen LogP contribution in [0.2, 0.25) is 5.02 Å². The summed E-state index contributed by atoms with van der Waals surface area (Å²) in [7, 11) is 0. The number of rotatable bonds is 5. The van der Waals surface area contributed by atoms with E-state index in [4.69, 9.17) is 16.1 Å². The van der Waals surface area contributed by atoms with E-state index in [1.165, 1.54) is 0 Å². The molecule has 0 saturated carbocycles. The molecule has 0 radical (unpaired) electrons. The van der Waals surface area contributed by atoms with Crippen LogP contribution in [-0.4, -0.2) is 34.0 Å². The van der Waals surface area contributed by atoms with E-state index in [1.807, 2.05) is 38.1 Å². The Kier molecular flexibility index (Phi) is 6.16. The molecular weight excluding hydrogens is 400 g/mol. The molecule has 4 rings (SSSR count). The zero-order valence-corrected chi connectivity index (χ0v) is 17.9. The number of anilines is 1. The van der Waals surface area contributed by atoms with Gasteiger partial charge in [-0.25, -0.2) is 0 Å². The summed E-state index contributed by atoms with van der Waals surface area (Å²) in [6.45, 7) is 6.31. The summed E-state index contributed by atoms with van der Waals surface area (Å²) in [5.74, 6) is 1.26. The van der Waals surface area contributed by atoms with Crippen LogP contribution in [0, 0.1) is 19.8 Å². The molecule has 30 heavy (non-hydrogen) atoms. The fourth-order valence-corrected chi connectivity index (χ4v) is 4.00. The average Bonchev–Trinajstić information content (AvgIpc) is 3.16. The highest BCUT2D eigenvalue weighted by Gasteiger charge is 2.26. The Hall–Kier alpha value is -2.70.